The predicted octanol–water partition coefficient (Wildman–Crippen LogP) is 4.58. The number of amides is 2. The lowest BCUT2D eigenvalue weighted by atomic mass is 9.91. The van der Waals surface area contributed by atoms with Gasteiger partial charge < -0.3 is 20.9 Å². The van der Waals surface area contributed by atoms with Crippen molar-refractivity contribution in [2.45, 2.75) is 77.3 Å². The minimum absolute atomic E-state index is 0.122. The number of urea groups is 1. The first-order valence-corrected chi connectivity index (χ1v) is 11.9. The fourth-order valence-corrected chi connectivity index (χ4v) is 4.79. The molecule has 3 N–H and O–H groups in total. The van der Waals surface area contributed by atoms with Crippen molar-refractivity contribution in [3.05, 3.63) is 40.6 Å². The van der Waals surface area contributed by atoms with Gasteiger partial charge in [0.25, 0.3) is 0 Å². The van der Waals surface area contributed by atoms with Gasteiger partial charge in [0, 0.05) is 37.4 Å². The third-order valence-corrected chi connectivity index (χ3v) is 6.62. The van der Waals surface area contributed by atoms with Crippen molar-refractivity contribution >= 4 is 23.5 Å². The molecule has 1 saturated carbocycles. The zero-order chi connectivity index (χ0) is 22.7. The maximum atomic E-state index is 12.5. The van der Waals surface area contributed by atoms with E-state index in [0.29, 0.717) is 6.04 Å². The number of carbonyl (C=O) groups excluding carboxylic acids is 1. The maximum absolute atomic E-state index is 12.5. The largest absolute Gasteiger partial charge is 0.362 e. The minimum Gasteiger partial charge on any atom is -0.362 e. The van der Waals surface area contributed by atoms with Crippen molar-refractivity contribution in [3.63, 3.8) is 0 Å². The number of hydrogen-bond donors (Lipinski definition) is 3. The van der Waals surface area contributed by atoms with Crippen LogP contribution in [-0.4, -0.2) is 42.2 Å². The summed E-state index contributed by atoms with van der Waals surface area (Å²) in [7, 11) is 4.11. The Morgan fingerprint density at radius 1 is 1.00 bits per heavy atom. The van der Waals surface area contributed by atoms with E-state index in [9.17, 15) is 4.79 Å². The smallest absolute Gasteiger partial charge is 0.319 e. The van der Waals surface area contributed by atoms with Crippen LogP contribution in [0.25, 0.3) is 0 Å². The van der Waals surface area contributed by atoms with Crippen molar-refractivity contribution in [2.75, 3.05) is 29.6 Å². The van der Waals surface area contributed by atoms with E-state index in [-0.39, 0.29) is 12.1 Å². The minimum atomic E-state index is -0.122. The second-order valence-corrected chi connectivity index (χ2v) is 9.51. The molecule has 2 aromatic rings. The van der Waals surface area contributed by atoms with Gasteiger partial charge >= 0.3 is 6.03 Å². The highest BCUT2D eigenvalue weighted by Crippen LogP contribution is 2.29. The molecule has 2 amide bonds. The molecule has 0 radical (unpaired) electrons. The zero-order valence-electron chi connectivity index (χ0n) is 19.8. The van der Waals surface area contributed by atoms with Gasteiger partial charge in [-0.1, -0.05) is 12.1 Å². The molecular formula is C25H36N6O. The fraction of sp³-hybridized carbons (Fsp3) is 0.560. The number of rotatable bonds is 5. The van der Waals surface area contributed by atoms with Gasteiger partial charge in [-0.05, 0) is 82.4 Å². The summed E-state index contributed by atoms with van der Waals surface area (Å²) in [6.45, 7) is 4.04. The van der Waals surface area contributed by atoms with Crippen molar-refractivity contribution < 1.29 is 4.79 Å². The summed E-state index contributed by atoms with van der Waals surface area (Å²) in [6.07, 6.45) is 8.42. The first-order valence-electron chi connectivity index (χ1n) is 11.9. The topological polar surface area (TPSA) is 82.2 Å². The van der Waals surface area contributed by atoms with Crippen LogP contribution in [0.3, 0.4) is 0 Å². The number of hydrogen-bond acceptors (Lipinski definition) is 5. The number of nitrogens with one attached hydrogen (secondary N) is 3. The van der Waals surface area contributed by atoms with Crippen LogP contribution in [0, 0.1) is 13.8 Å². The number of benzene rings is 1. The van der Waals surface area contributed by atoms with Crippen LogP contribution in [0.2, 0.25) is 0 Å². The molecule has 0 saturated heterocycles. The van der Waals surface area contributed by atoms with Crippen LogP contribution in [0.4, 0.5) is 22.2 Å². The third kappa shape index (κ3) is 5.31. The Kier molecular flexibility index (Phi) is 6.82. The summed E-state index contributed by atoms with van der Waals surface area (Å²) in [6, 6.07) is 6.51. The molecule has 0 bridgehead atoms. The lowest BCUT2D eigenvalue weighted by Gasteiger charge is -2.30. The van der Waals surface area contributed by atoms with E-state index >= 15 is 0 Å². The molecule has 4 rings (SSSR count). The predicted molar refractivity (Wildman–Crippen MR) is 131 cm³/mol. The molecular weight excluding hydrogens is 400 g/mol. The molecule has 2 aliphatic carbocycles. The van der Waals surface area contributed by atoms with E-state index in [4.69, 9.17) is 9.97 Å². The highest BCUT2D eigenvalue weighted by Gasteiger charge is 2.25. The summed E-state index contributed by atoms with van der Waals surface area (Å²) >= 11 is 0. The van der Waals surface area contributed by atoms with Gasteiger partial charge in [-0.25, -0.2) is 9.78 Å². The Balaban J connectivity index is 1.31. The molecule has 1 fully saturated rings. The van der Waals surface area contributed by atoms with E-state index < -0.39 is 0 Å². The molecule has 1 aromatic carbocycles. The Morgan fingerprint density at radius 3 is 2.47 bits per heavy atom. The van der Waals surface area contributed by atoms with Crippen LogP contribution in [-0.2, 0) is 12.8 Å². The first-order chi connectivity index (χ1) is 15.4. The first kappa shape index (κ1) is 22.4. The van der Waals surface area contributed by atoms with Crippen LogP contribution in [0.1, 0.15) is 60.9 Å². The quantitative estimate of drug-likeness (QED) is 0.639. The number of aryl methyl sites for hydroxylation is 3. The normalized spacial score (nSPS) is 20.2. The molecule has 172 valence electrons. The molecule has 1 aromatic heterocycles. The molecule has 0 spiro atoms. The second-order valence-electron chi connectivity index (χ2n) is 9.51. The zero-order valence-corrected chi connectivity index (χ0v) is 19.8. The number of aromatic nitrogens is 2. The average Bonchev–Trinajstić information content (AvgIpc) is 2.77. The van der Waals surface area contributed by atoms with E-state index in [1.807, 2.05) is 26.0 Å². The van der Waals surface area contributed by atoms with Gasteiger partial charge in [-0.2, -0.15) is 4.98 Å². The molecule has 0 atom stereocenters. The molecule has 0 unspecified atom stereocenters. The summed E-state index contributed by atoms with van der Waals surface area (Å²) in [5, 5.41) is 9.73. The fourth-order valence-electron chi connectivity index (χ4n) is 4.79. The highest BCUT2D eigenvalue weighted by molar-refractivity contribution is 5.90. The monoisotopic (exact) mass is 436 g/mol. The lowest BCUT2D eigenvalue weighted by molar-refractivity contribution is 0.243. The summed E-state index contributed by atoms with van der Waals surface area (Å²) in [4.78, 5) is 24.3. The van der Waals surface area contributed by atoms with Crippen molar-refractivity contribution in [3.8, 4) is 0 Å². The number of carbonyl (C=O) groups is 1. The van der Waals surface area contributed by atoms with Gasteiger partial charge in [0.05, 0.1) is 5.69 Å². The van der Waals surface area contributed by atoms with Crippen LogP contribution in [0.5, 0.6) is 0 Å². The van der Waals surface area contributed by atoms with Gasteiger partial charge in [-0.15, -0.1) is 0 Å². The van der Waals surface area contributed by atoms with Gasteiger partial charge in [0.1, 0.15) is 5.82 Å². The van der Waals surface area contributed by atoms with Crippen molar-refractivity contribution in [1.82, 2.24) is 15.3 Å². The Labute approximate surface area is 191 Å². The van der Waals surface area contributed by atoms with Crippen molar-refractivity contribution in [1.29, 1.82) is 0 Å². The number of fused-ring (bicyclic) bond motifs is 1. The Morgan fingerprint density at radius 2 is 1.72 bits per heavy atom. The van der Waals surface area contributed by atoms with E-state index in [0.717, 1.165) is 67.1 Å². The molecule has 2 aliphatic rings. The summed E-state index contributed by atoms with van der Waals surface area (Å²) < 4.78 is 0. The van der Waals surface area contributed by atoms with Gasteiger partial charge in [0.15, 0.2) is 0 Å². The third-order valence-electron chi connectivity index (χ3n) is 6.62. The number of anilines is 3. The number of nitrogens with zero attached hydrogens (tertiary/aromatic N) is 3. The maximum Gasteiger partial charge on any atom is 0.319 e. The Hall–Kier alpha value is -2.83. The van der Waals surface area contributed by atoms with Crippen LogP contribution in [0.15, 0.2) is 18.2 Å². The van der Waals surface area contributed by atoms with Gasteiger partial charge in [0.2, 0.25) is 5.95 Å². The molecule has 1 heterocycles. The molecule has 0 aliphatic heterocycles. The summed E-state index contributed by atoms with van der Waals surface area (Å²) in [5.74, 6) is 1.80. The highest BCUT2D eigenvalue weighted by atomic mass is 16.2. The van der Waals surface area contributed by atoms with Crippen LogP contribution >= 0.6 is 0 Å². The lowest BCUT2D eigenvalue weighted by Crippen LogP contribution is -2.42. The van der Waals surface area contributed by atoms with Gasteiger partial charge in [-0.3, -0.25) is 0 Å². The standard InChI is InChI=1S/C25H36N6O/c1-16-9-10-17(2)22(15-16)29-25(32)27-19-13-11-18(12-14-19)26-24-28-21-8-6-5-7-20(21)23(30-24)31(3)4/h9-10,15,18-19H,5-8,11-14H2,1-4H3,(H,26,28,30)(H2,27,29,32). The van der Waals surface area contributed by atoms with E-state index in [1.165, 1.54) is 24.1 Å². The summed E-state index contributed by atoms with van der Waals surface area (Å²) in [5.41, 5.74) is 5.60. The van der Waals surface area contributed by atoms with Crippen molar-refractivity contribution in [2.24, 2.45) is 0 Å². The van der Waals surface area contributed by atoms with Crippen LogP contribution < -0.4 is 20.9 Å². The molecule has 32 heavy (non-hydrogen) atoms. The second kappa shape index (κ2) is 9.76. The SMILES string of the molecule is Cc1ccc(C)c(NC(=O)NC2CCC(Nc3nc4c(c(N(C)C)n3)CCCC4)CC2)c1. The molecule has 7 nitrogen and oxygen atoms in total. The average molecular weight is 437 g/mol. The molecule has 7 heteroatoms. The van der Waals surface area contributed by atoms with E-state index in [2.05, 4.69) is 41.0 Å². The van der Waals surface area contributed by atoms with E-state index in [1.54, 1.807) is 0 Å². The Bertz CT molecular complexity index is 965.